The van der Waals surface area contributed by atoms with Crippen LogP contribution in [-0.4, -0.2) is 15.6 Å². The zero-order chi connectivity index (χ0) is 15.4. The van der Waals surface area contributed by atoms with Gasteiger partial charge in [-0.2, -0.15) is 0 Å². The van der Waals surface area contributed by atoms with E-state index in [9.17, 15) is 4.79 Å². The molecule has 0 amide bonds. The molecule has 0 aliphatic rings. The zero-order valence-electron chi connectivity index (χ0n) is 12.8. The molecule has 21 heavy (non-hydrogen) atoms. The Labute approximate surface area is 125 Å². The first-order valence-corrected chi connectivity index (χ1v) is 7.19. The number of hydrogen-bond donors (Lipinski definition) is 1. The maximum Gasteiger partial charge on any atom is 0.293 e. The predicted octanol–water partition coefficient (Wildman–Crippen LogP) is 2.26. The van der Waals surface area contributed by atoms with Gasteiger partial charge in [0.05, 0.1) is 0 Å². The normalized spacial score (nSPS) is 10.9. The highest BCUT2D eigenvalue weighted by molar-refractivity contribution is 5.44. The van der Waals surface area contributed by atoms with Crippen LogP contribution in [0.15, 0.2) is 41.5 Å². The van der Waals surface area contributed by atoms with E-state index in [0.29, 0.717) is 18.9 Å². The molecule has 0 saturated carbocycles. The number of nitrogens with zero attached hydrogens (tertiary/aromatic N) is 3. The van der Waals surface area contributed by atoms with Crippen molar-refractivity contribution in [2.75, 3.05) is 10.6 Å². The van der Waals surface area contributed by atoms with E-state index in [2.05, 4.69) is 18.8 Å². The second-order valence-corrected chi connectivity index (χ2v) is 5.31. The molecule has 2 aromatic rings. The van der Waals surface area contributed by atoms with Gasteiger partial charge in [-0.15, -0.1) is 0 Å². The molecule has 2 N–H and O–H groups in total. The molecule has 0 aliphatic carbocycles. The van der Waals surface area contributed by atoms with E-state index in [1.807, 2.05) is 36.1 Å². The minimum Gasteiger partial charge on any atom is -0.399 e. The Kier molecular flexibility index (Phi) is 4.62. The molecule has 0 aliphatic heterocycles. The summed E-state index contributed by atoms with van der Waals surface area (Å²) in [5.74, 6) is 0.483. The Morgan fingerprint density at radius 2 is 2.14 bits per heavy atom. The lowest BCUT2D eigenvalue weighted by Crippen LogP contribution is -2.37. The Bertz CT molecular complexity index is 663. The lowest BCUT2D eigenvalue weighted by Gasteiger charge is -2.27. The number of aromatic nitrogens is 2. The molecular formula is C16H22N4O. The van der Waals surface area contributed by atoms with Crippen molar-refractivity contribution in [3.8, 4) is 0 Å². The van der Waals surface area contributed by atoms with Crippen LogP contribution in [0.25, 0.3) is 0 Å². The van der Waals surface area contributed by atoms with Crippen molar-refractivity contribution in [1.82, 2.24) is 9.55 Å². The van der Waals surface area contributed by atoms with Crippen molar-refractivity contribution in [2.45, 2.75) is 39.9 Å². The number of hydrogen-bond acceptors (Lipinski definition) is 4. The molecule has 0 unspecified atom stereocenters. The number of nitrogen functional groups attached to an aromatic ring is 1. The summed E-state index contributed by atoms with van der Waals surface area (Å²) in [6.45, 7) is 7.30. The Balaban J connectivity index is 2.38. The van der Waals surface area contributed by atoms with Crippen molar-refractivity contribution in [1.29, 1.82) is 0 Å². The van der Waals surface area contributed by atoms with Gasteiger partial charge >= 0.3 is 0 Å². The van der Waals surface area contributed by atoms with Crippen LogP contribution in [0.2, 0.25) is 0 Å². The highest BCUT2D eigenvalue weighted by atomic mass is 16.1. The number of nitrogens with two attached hydrogens (primary N) is 1. The SMILES string of the molecule is CCn1ccnc(N(Cc2cccc(N)c2)C(C)C)c1=O. The molecular weight excluding hydrogens is 264 g/mol. The van der Waals surface area contributed by atoms with E-state index in [0.717, 1.165) is 11.3 Å². The summed E-state index contributed by atoms with van der Waals surface area (Å²) in [6, 6.07) is 7.88. The Morgan fingerprint density at radius 3 is 2.76 bits per heavy atom. The van der Waals surface area contributed by atoms with Gasteiger partial charge in [-0.3, -0.25) is 4.79 Å². The molecule has 1 aromatic heterocycles. The molecule has 0 bridgehead atoms. The van der Waals surface area contributed by atoms with Crippen LogP contribution in [0, 0.1) is 0 Å². The third-order valence-electron chi connectivity index (χ3n) is 3.44. The maximum atomic E-state index is 12.4. The fraction of sp³-hybridized carbons (Fsp3) is 0.375. The van der Waals surface area contributed by atoms with E-state index >= 15 is 0 Å². The molecule has 5 heteroatoms. The molecule has 0 saturated heterocycles. The molecule has 5 nitrogen and oxygen atoms in total. The Hall–Kier alpha value is -2.30. The summed E-state index contributed by atoms with van der Waals surface area (Å²) in [4.78, 5) is 18.7. The summed E-state index contributed by atoms with van der Waals surface area (Å²) in [5.41, 5.74) is 7.56. The average molecular weight is 286 g/mol. The van der Waals surface area contributed by atoms with Gasteiger partial charge in [0, 0.05) is 37.2 Å². The standard InChI is InChI=1S/C16H22N4O/c1-4-19-9-8-18-15(16(19)21)20(12(2)3)11-13-6-5-7-14(17)10-13/h5-10,12H,4,11,17H2,1-3H3. The number of benzene rings is 1. The van der Waals surface area contributed by atoms with Crippen LogP contribution in [0.4, 0.5) is 11.5 Å². The Morgan fingerprint density at radius 1 is 1.38 bits per heavy atom. The summed E-state index contributed by atoms with van der Waals surface area (Å²) < 4.78 is 1.66. The van der Waals surface area contributed by atoms with Crippen LogP contribution < -0.4 is 16.2 Å². The van der Waals surface area contributed by atoms with Gasteiger partial charge in [0.1, 0.15) is 0 Å². The predicted molar refractivity (Wildman–Crippen MR) is 86.3 cm³/mol. The molecule has 0 radical (unpaired) electrons. The quantitative estimate of drug-likeness (QED) is 0.856. The largest absolute Gasteiger partial charge is 0.399 e. The van der Waals surface area contributed by atoms with Gasteiger partial charge in [-0.05, 0) is 38.5 Å². The third kappa shape index (κ3) is 3.42. The fourth-order valence-electron chi connectivity index (χ4n) is 2.27. The van der Waals surface area contributed by atoms with Gasteiger partial charge in [0.25, 0.3) is 5.56 Å². The number of rotatable bonds is 5. The lowest BCUT2D eigenvalue weighted by atomic mass is 10.1. The van der Waals surface area contributed by atoms with Crippen LogP contribution >= 0.6 is 0 Å². The summed E-state index contributed by atoms with van der Waals surface area (Å²) in [7, 11) is 0. The minimum atomic E-state index is -0.0578. The van der Waals surface area contributed by atoms with Crippen LogP contribution in [-0.2, 0) is 13.1 Å². The van der Waals surface area contributed by atoms with Gasteiger partial charge in [0.2, 0.25) is 0 Å². The van der Waals surface area contributed by atoms with Crippen LogP contribution in [0.3, 0.4) is 0 Å². The summed E-state index contributed by atoms with van der Waals surface area (Å²) in [6.07, 6.45) is 3.39. The van der Waals surface area contributed by atoms with Gasteiger partial charge in [0.15, 0.2) is 5.82 Å². The monoisotopic (exact) mass is 286 g/mol. The number of aryl methyl sites for hydroxylation is 1. The van der Waals surface area contributed by atoms with Crippen molar-refractivity contribution in [2.24, 2.45) is 0 Å². The molecule has 1 heterocycles. The van der Waals surface area contributed by atoms with Crippen molar-refractivity contribution >= 4 is 11.5 Å². The second-order valence-electron chi connectivity index (χ2n) is 5.31. The van der Waals surface area contributed by atoms with Gasteiger partial charge < -0.3 is 15.2 Å². The van der Waals surface area contributed by atoms with E-state index in [4.69, 9.17) is 5.73 Å². The smallest absolute Gasteiger partial charge is 0.293 e. The topological polar surface area (TPSA) is 64.2 Å². The van der Waals surface area contributed by atoms with E-state index in [1.165, 1.54) is 0 Å². The first-order chi connectivity index (χ1) is 10.0. The van der Waals surface area contributed by atoms with Crippen LogP contribution in [0.5, 0.6) is 0 Å². The molecule has 0 fully saturated rings. The maximum absolute atomic E-state index is 12.4. The minimum absolute atomic E-state index is 0.0578. The van der Waals surface area contributed by atoms with Gasteiger partial charge in [-0.25, -0.2) is 4.98 Å². The number of anilines is 2. The third-order valence-corrected chi connectivity index (χ3v) is 3.44. The first kappa shape index (κ1) is 15.1. The first-order valence-electron chi connectivity index (χ1n) is 7.19. The van der Waals surface area contributed by atoms with Crippen molar-refractivity contribution in [3.05, 3.63) is 52.6 Å². The lowest BCUT2D eigenvalue weighted by molar-refractivity contribution is 0.645. The second kappa shape index (κ2) is 6.43. The summed E-state index contributed by atoms with van der Waals surface area (Å²) >= 11 is 0. The van der Waals surface area contributed by atoms with E-state index < -0.39 is 0 Å². The highest BCUT2D eigenvalue weighted by Gasteiger charge is 2.17. The van der Waals surface area contributed by atoms with E-state index in [1.54, 1.807) is 17.0 Å². The molecule has 1 aromatic carbocycles. The molecule has 0 spiro atoms. The molecule has 112 valence electrons. The fourth-order valence-corrected chi connectivity index (χ4v) is 2.27. The summed E-state index contributed by atoms with van der Waals surface area (Å²) in [5, 5.41) is 0. The van der Waals surface area contributed by atoms with E-state index in [-0.39, 0.29) is 11.6 Å². The molecule has 2 rings (SSSR count). The van der Waals surface area contributed by atoms with Crippen molar-refractivity contribution < 1.29 is 0 Å². The molecule has 0 atom stereocenters. The zero-order valence-corrected chi connectivity index (χ0v) is 12.8. The van der Waals surface area contributed by atoms with Crippen molar-refractivity contribution in [3.63, 3.8) is 0 Å². The van der Waals surface area contributed by atoms with Gasteiger partial charge in [-0.1, -0.05) is 12.1 Å². The average Bonchev–Trinajstić information content (AvgIpc) is 2.45. The highest BCUT2D eigenvalue weighted by Crippen LogP contribution is 2.15. The van der Waals surface area contributed by atoms with Crippen LogP contribution in [0.1, 0.15) is 26.3 Å².